The van der Waals surface area contributed by atoms with Gasteiger partial charge in [-0.25, -0.2) is 0 Å². The topological polar surface area (TPSA) is 44.8 Å². The van der Waals surface area contributed by atoms with E-state index < -0.39 is 0 Å². The Morgan fingerprint density at radius 2 is 1.64 bits per heavy atom. The van der Waals surface area contributed by atoms with Gasteiger partial charge in [-0.05, 0) is 103 Å². The molecule has 4 bridgehead atoms. The van der Waals surface area contributed by atoms with Gasteiger partial charge < -0.3 is 14.2 Å². The van der Waals surface area contributed by atoms with Crippen LogP contribution in [0.25, 0.3) is 6.08 Å². The monoisotopic (exact) mass is 488 g/mol. The summed E-state index contributed by atoms with van der Waals surface area (Å²) in [6.07, 6.45) is 11.4. The molecular formula is C32H40O4. The van der Waals surface area contributed by atoms with Crippen molar-refractivity contribution >= 4 is 11.9 Å². The molecule has 2 aromatic rings. The summed E-state index contributed by atoms with van der Waals surface area (Å²) in [5.74, 6) is 3.86. The molecule has 0 spiro atoms. The standard InChI is InChI=1S/C32H40O4/c1-22(2)27-7-4-23(5-8-27)6-10-30(33)28-9-11-31(36-21-35-13-12-34-3)29(17-28)32-18-24-14-25(19-32)16-26(15-24)20-32/h4-11,17,22,24-26H,12-16,18-21H2,1-3H3/b10-6+. The van der Waals surface area contributed by atoms with Crippen LogP contribution in [-0.4, -0.2) is 32.9 Å². The van der Waals surface area contributed by atoms with Crippen LogP contribution in [0.5, 0.6) is 5.75 Å². The zero-order chi connectivity index (χ0) is 25.1. The Morgan fingerprint density at radius 3 is 2.25 bits per heavy atom. The minimum absolute atomic E-state index is 0.0387. The van der Waals surface area contributed by atoms with Crippen molar-refractivity contribution in [1.29, 1.82) is 0 Å². The van der Waals surface area contributed by atoms with Gasteiger partial charge >= 0.3 is 0 Å². The number of ether oxygens (including phenoxy) is 3. The SMILES string of the molecule is COCCOCOc1ccc(C(=O)/C=C/c2ccc(C(C)C)cc2)cc1C12CC3CC(CC(C3)C1)C2. The van der Waals surface area contributed by atoms with Gasteiger partial charge in [0.15, 0.2) is 12.6 Å². The van der Waals surface area contributed by atoms with Gasteiger partial charge in [0.25, 0.3) is 0 Å². The second kappa shape index (κ2) is 10.9. The van der Waals surface area contributed by atoms with Gasteiger partial charge in [0, 0.05) is 18.2 Å². The molecule has 0 heterocycles. The molecule has 192 valence electrons. The highest BCUT2D eigenvalue weighted by atomic mass is 16.7. The lowest BCUT2D eigenvalue weighted by atomic mass is 9.48. The molecule has 0 saturated heterocycles. The van der Waals surface area contributed by atoms with Gasteiger partial charge in [0.05, 0.1) is 13.2 Å². The number of hydrogen-bond acceptors (Lipinski definition) is 4. The van der Waals surface area contributed by atoms with Crippen LogP contribution in [-0.2, 0) is 14.9 Å². The third-order valence-electron chi connectivity index (χ3n) is 8.63. The van der Waals surface area contributed by atoms with Crippen LogP contribution < -0.4 is 4.74 Å². The number of methoxy groups -OCH3 is 1. The summed E-state index contributed by atoms with van der Waals surface area (Å²) in [4.78, 5) is 13.2. The Morgan fingerprint density at radius 1 is 0.972 bits per heavy atom. The lowest BCUT2D eigenvalue weighted by Gasteiger charge is -2.57. The number of carbonyl (C=O) groups is 1. The van der Waals surface area contributed by atoms with Gasteiger partial charge in [0.1, 0.15) is 5.75 Å². The molecule has 0 unspecified atom stereocenters. The average molecular weight is 489 g/mol. The molecule has 4 aliphatic carbocycles. The summed E-state index contributed by atoms with van der Waals surface area (Å²) in [6, 6.07) is 14.5. The second-order valence-electron chi connectivity index (χ2n) is 11.6. The molecule has 0 aliphatic heterocycles. The van der Waals surface area contributed by atoms with Crippen molar-refractivity contribution in [3.05, 3.63) is 70.8 Å². The molecular weight excluding hydrogens is 448 g/mol. The molecule has 4 heteroatoms. The number of allylic oxidation sites excluding steroid dienone is 1. The maximum absolute atomic E-state index is 13.2. The minimum Gasteiger partial charge on any atom is -0.467 e. The maximum Gasteiger partial charge on any atom is 0.189 e. The molecule has 4 nitrogen and oxygen atoms in total. The molecule has 4 saturated carbocycles. The summed E-state index contributed by atoms with van der Waals surface area (Å²) < 4.78 is 16.8. The fraction of sp³-hybridized carbons (Fsp3) is 0.531. The first-order valence-corrected chi connectivity index (χ1v) is 13.6. The number of benzene rings is 2. The van der Waals surface area contributed by atoms with Crippen molar-refractivity contribution in [2.75, 3.05) is 27.1 Å². The fourth-order valence-electron chi connectivity index (χ4n) is 7.23. The van der Waals surface area contributed by atoms with Crippen LogP contribution in [0.4, 0.5) is 0 Å². The molecule has 2 aromatic carbocycles. The van der Waals surface area contributed by atoms with Gasteiger partial charge in [-0.3, -0.25) is 4.79 Å². The molecule has 0 amide bonds. The summed E-state index contributed by atoms with van der Waals surface area (Å²) in [6.45, 7) is 5.62. The van der Waals surface area contributed by atoms with Crippen LogP contribution in [0.1, 0.15) is 85.3 Å². The average Bonchev–Trinajstić information content (AvgIpc) is 2.86. The predicted octanol–water partition coefficient (Wildman–Crippen LogP) is 7.17. The third kappa shape index (κ3) is 5.45. The Bertz CT molecular complexity index is 1050. The van der Waals surface area contributed by atoms with E-state index in [0.717, 1.165) is 34.6 Å². The van der Waals surface area contributed by atoms with Gasteiger partial charge in [0.2, 0.25) is 0 Å². The first-order chi connectivity index (χ1) is 17.5. The Kier molecular flexibility index (Phi) is 7.64. The molecule has 4 aliphatic rings. The minimum atomic E-state index is 0.0387. The zero-order valence-corrected chi connectivity index (χ0v) is 22.0. The first kappa shape index (κ1) is 25.2. The number of rotatable bonds is 11. The van der Waals surface area contributed by atoms with E-state index in [9.17, 15) is 4.79 Å². The fourth-order valence-corrected chi connectivity index (χ4v) is 7.23. The number of carbonyl (C=O) groups excluding carboxylic acids is 1. The highest BCUT2D eigenvalue weighted by molar-refractivity contribution is 6.07. The molecule has 0 aromatic heterocycles. The second-order valence-corrected chi connectivity index (χ2v) is 11.6. The zero-order valence-electron chi connectivity index (χ0n) is 22.0. The van der Waals surface area contributed by atoms with Crippen LogP contribution in [0.3, 0.4) is 0 Å². The molecule has 0 radical (unpaired) electrons. The van der Waals surface area contributed by atoms with Crippen LogP contribution >= 0.6 is 0 Å². The summed E-state index contributed by atoms with van der Waals surface area (Å²) >= 11 is 0. The van der Waals surface area contributed by atoms with Crippen molar-refractivity contribution in [1.82, 2.24) is 0 Å². The van der Waals surface area contributed by atoms with Gasteiger partial charge in [-0.15, -0.1) is 0 Å². The Balaban J connectivity index is 1.38. The van der Waals surface area contributed by atoms with E-state index in [4.69, 9.17) is 14.2 Å². The van der Waals surface area contributed by atoms with Crippen molar-refractivity contribution < 1.29 is 19.0 Å². The van der Waals surface area contributed by atoms with E-state index >= 15 is 0 Å². The van der Waals surface area contributed by atoms with Crippen LogP contribution in [0.2, 0.25) is 0 Å². The van der Waals surface area contributed by atoms with E-state index in [1.807, 2.05) is 18.2 Å². The highest BCUT2D eigenvalue weighted by Gasteiger charge is 2.52. The van der Waals surface area contributed by atoms with E-state index in [-0.39, 0.29) is 18.0 Å². The molecule has 6 rings (SSSR count). The molecule has 0 N–H and O–H groups in total. The lowest BCUT2D eigenvalue weighted by Crippen LogP contribution is -2.48. The van der Waals surface area contributed by atoms with Crippen molar-refractivity contribution in [3.63, 3.8) is 0 Å². The number of hydrogen-bond donors (Lipinski definition) is 0. The third-order valence-corrected chi connectivity index (χ3v) is 8.63. The van der Waals surface area contributed by atoms with Gasteiger partial charge in [-0.1, -0.05) is 44.2 Å². The normalized spacial score (nSPS) is 26.7. The Labute approximate surface area is 216 Å². The van der Waals surface area contributed by atoms with Crippen molar-refractivity contribution in [3.8, 4) is 5.75 Å². The Hall–Kier alpha value is -2.43. The maximum atomic E-state index is 13.2. The quantitative estimate of drug-likeness (QED) is 0.146. The molecule has 0 atom stereocenters. The largest absolute Gasteiger partial charge is 0.467 e. The summed E-state index contributed by atoms with van der Waals surface area (Å²) in [5, 5.41) is 0. The summed E-state index contributed by atoms with van der Waals surface area (Å²) in [7, 11) is 1.67. The predicted molar refractivity (Wildman–Crippen MR) is 144 cm³/mol. The van der Waals surface area contributed by atoms with Crippen LogP contribution in [0.15, 0.2) is 48.5 Å². The smallest absolute Gasteiger partial charge is 0.189 e. The van der Waals surface area contributed by atoms with Crippen molar-refractivity contribution in [2.24, 2.45) is 17.8 Å². The van der Waals surface area contributed by atoms with E-state index in [0.29, 0.717) is 19.1 Å². The molecule has 4 fully saturated rings. The summed E-state index contributed by atoms with van der Waals surface area (Å²) in [5.41, 5.74) is 4.44. The van der Waals surface area contributed by atoms with E-state index in [2.05, 4.69) is 44.2 Å². The highest BCUT2D eigenvalue weighted by Crippen LogP contribution is 2.62. The molecule has 36 heavy (non-hydrogen) atoms. The van der Waals surface area contributed by atoms with Gasteiger partial charge in [-0.2, -0.15) is 0 Å². The van der Waals surface area contributed by atoms with Crippen molar-refractivity contribution in [2.45, 2.75) is 63.7 Å². The number of ketones is 1. The first-order valence-electron chi connectivity index (χ1n) is 13.6. The lowest BCUT2D eigenvalue weighted by molar-refractivity contribution is -0.0189. The van der Waals surface area contributed by atoms with E-state index in [1.54, 1.807) is 13.2 Å². The van der Waals surface area contributed by atoms with E-state index in [1.165, 1.54) is 49.7 Å². The van der Waals surface area contributed by atoms with Crippen LogP contribution in [0, 0.1) is 17.8 Å².